The molecule has 14 nitrogen and oxygen atoms in total. The third-order valence-corrected chi connectivity index (χ3v) is 14.6. The molecule has 14 heteroatoms. The van der Waals surface area contributed by atoms with E-state index in [4.69, 9.17) is 15.6 Å². The highest BCUT2D eigenvalue weighted by atomic mass is 16.5. The summed E-state index contributed by atoms with van der Waals surface area (Å²) in [5.74, 6) is -1.31. The predicted molar refractivity (Wildman–Crippen MR) is 228 cm³/mol. The molecular weight excluding hydrogens is 771 g/mol. The fourth-order valence-corrected chi connectivity index (χ4v) is 11.1. The van der Waals surface area contributed by atoms with Crippen LogP contribution in [0.5, 0.6) is 11.5 Å². The number of nitrogen functional groups attached to an aromatic ring is 1. The Labute approximate surface area is 353 Å². The molecule has 2 amide bonds. The van der Waals surface area contributed by atoms with Gasteiger partial charge in [-0.1, -0.05) is 18.2 Å². The number of imide groups is 1. The first kappa shape index (κ1) is 38.0. The lowest BCUT2D eigenvalue weighted by atomic mass is 9.66. The number of carbonyl (C=O) groups excluding carboxylic acids is 4. The maximum absolute atomic E-state index is 13.5. The highest BCUT2D eigenvalue weighted by Gasteiger charge is 2.50. The van der Waals surface area contributed by atoms with Crippen molar-refractivity contribution >= 4 is 45.9 Å². The molecule has 6 aliphatic rings. The molecule has 4 aliphatic heterocycles. The number of nitrogens with one attached hydrogen (secondary N) is 1. The first-order valence-electron chi connectivity index (χ1n) is 21.8. The highest BCUT2D eigenvalue weighted by molar-refractivity contribution is 6.28. The van der Waals surface area contributed by atoms with E-state index in [0.717, 1.165) is 91.6 Å². The molecular formula is C47H49N9O5. The number of ketones is 2. The number of hydrogen-bond acceptors (Lipinski definition) is 12. The normalized spacial score (nSPS) is 23.9. The lowest BCUT2D eigenvalue weighted by Gasteiger charge is -2.57. The number of likely N-dealkylation sites (tertiary alicyclic amines) is 2. The number of nitrogens with zero attached hydrogens (tertiary/aromatic N) is 7. The average Bonchev–Trinajstić information content (AvgIpc) is 3.76. The van der Waals surface area contributed by atoms with Crippen molar-refractivity contribution < 1.29 is 23.9 Å². The summed E-state index contributed by atoms with van der Waals surface area (Å²) in [6, 6.07) is 24.7. The fourth-order valence-electron chi connectivity index (χ4n) is 11.1. The summed E-state index contributed by atoms with van der Waals surface area (Å²) in [5.41, 5.74) is 11.0. The second-order valence-corrected chi connectivity index (χ2v) is 18.1. The van der Waals surface area contributed by atoms with E-state index in [1.165, 1.54) is 32.0 Å². The van der Waals surface area contributed by atoms with Gasteiger partial charge in [0.1, 0.15) is 29.3 Å². The number of anilines is 2. The van der Waals surface area contributed by atoms with Gasteiger partial charge >= 0.3 is 0 Å². The second kappa shape index (κ2) is 14.9. The number of amides is 2. The Balaban J connectivity index is 0.665. The highest BCUT2D eigenvalue weighted by Crippen LogP contribution is 2.48. The van der Waals surface area contributed by atoms with Gasteiger partial charge in [0.25, 0.3) is 0 Å². The molecule has 4 saturated heterocycles. The Kier molecular flexibility index (Phi) is 9.26. The van der Waals surface area contributed by atoms with Crippen LogP contribution in [-0.2, 0) is 9.59 Å². The van der Waals surface area contributed by atoms with E-state index in [-0.39, 0.29) is 36.4 Å². The first-order chi connectivity index (χ1) is 29.7. The largest absolute Gasteiger partial charge is 0.457 e. The summed E-state index contributed by atoms with van der Waals surface area (Å²) < 4.78 is 8.11. The molecule has 5 fully saturated rings. The monoisotopic (exact) mass is 819 g/mol. The third kappa shape index (κ3) is 6.67. The summed E-state index contributed by atoms with van der Waals surface area (Å²) in [4.78, 5) is 67.6. The van der Waals surface area contributed by atoms with Crippen molar-refractivity contribution in [2.75, 3.05) is 49.9 Å². The quantitative estimate of drug-likeness (QED) is 0.145. The Morgan fingerprint density at radius 1 is 0.738 bits per heavy atom. The van der Waals surface area contributed by atoms with Crippen LogP contribution in [0.1, 0.15) is 78.1 Å². The van der Waals surface area contributed by atoms with Gasteiger partial charge in [0.15, 0.2) is 17.2 Å². The minimum Gasteiger partial charge on any atom is -0.457 e. The van der Waals surface area contributed by atoms with Crippen LogP contribution in [0.15, 0.2) is 79.1 Å². The molecule has 2 atom stereocenters. The zero-order valence-electron chi connectivity index (χ0n) is 34.0. The summed E-state index contributed by atoms with van der Waals surface area (Å²) in [7, 11) is 0. The Bertz CT molecular complexity index is 2550. The van der Waals surface area contributed by atoms with Crippen LogP contribution in [0, 0.1) is 17.3 Å². The number of Topliss-reactive ketones (excluding diaryl/α,β-unsaturated/α-hetero) is 2. The summed E-state index contributed by atoms with van der Waals surface area (Å²) >= 11 is 0. The molecule has 3 aromatic carbocycles. The molecule has 312 valence electrons. The van der Waals surface area contributed by atoms with Gasteiger partial charge in [0, 0.05) is 85.6 Å². The van der Waals surface area contributed by atoms with E-state index in [1.54, 1.807) is 6.07 Å². The van der Waals surface area contributed by atoms with E-state index in [1.807, 2.05) is 66.7 Å². The molecule has 11 rings (SSSR count). The summed E-state index contributed by atoms with van der Waals surface area (Å²) in [6.45, 7) is 6.20. The van der Waals surface area contributed by atoms with Crippen LogP contribution in [0.3, 0.4) is 0 Å². The Hall–Kier alpha value is -5.99. The number of hydrogen-bond donors (Lipinski definition) is 2. The molecule has 0 bridgehead atoms. The van der Waals surface area contributed by atoms with E-state index >= 15 is 0 Å². The topological polar surface area (TPSA) is 169 Å². The van der Waals surface area contributed by atoms with Crippen molar-refractivity contribution in [3.05, 3.63) is 90.3 Å². The van der Waals surface area contributed by atoms with Crippen molar-refractivity contribution in [1.82, 2.24) is 34.9 Å². The molecule has 61 heavy (non-hydrogen) atoms. The van der Waals surface area contributed by atoms with Crippen molar-refractivity contribution in [3.8, 4) is 22.8 Å². The van der Waals surface area contributed by atoms with Crippen LogP contribution < -0.4 is 20.7 Å². The van der Waals surface area contributed by atoms with E-state index in [9.17, 15) is 19.2 Å². The number of carbonyl (C=O) groups is 4. The number of fused-ring (bicyclic) bond motifs is 2. The van der Waals surface area contributed by atoms with Crippen molar-refractivity contribution in [2.24, 2.45) is 17.3 Å². The lowest BCUT2D eigenvalue weighted by Crippen LogP contribution is -2.65. The van der Waals surface area contributed by atoms with Gasteiger partial charge in [-0.3, -0.25) is 34.3 Å². The van der Waals surface area contributed by atoms with Gasteiger partial charge in [-0.05, 0) is 99.5 Å². The summed E-state index contributed by atoms with van der Waals surface area (Å²) in [6.07, 6.45) is 8.70. The van der Waals surface area contributed by atoms with Gasteiger partial charge in [0.05, 0.1) is 23.3 Å². The number of piperidine rings is 2. The number of benzene rings is 3. The van der Waals surface area contributed by atoms with Crippen molar-refractivity contribution in [1.29, 1.82) is 0 Å². The molecule has 3 N–H and O–H groups in total. The Morgan fingerprint density at radius 2 is 1.46 bits per heavy atom. The molecule has 0 radical (unpaired) electrons. The smallest absolute Gasteiger partial charge is 0.230 e. The van der Waals surface area contributed by atoms with Crippen molar-refractivity contribution in [3.63, 3.8) is 0 Å². The maximum atomic E-state index is 13.5. The van der Waals surface area contributed by atoms with Crippen LogP contribution >= 0.6 is 0 Å². The number of para-hydroxylation sites is 1. The van der Waals surface area contributed by atoms with Crippen molar-refractivity contribution in [2.45, 2.75) is 69.5 Å². The zero-order chi connectivity index (χ0) is 41.4. The zero-order valence-corrected chi connectivity index (χ0v) is 34.0. The van der Waals surface area contributed by atoms with Gasteiger partial charge in [-0.25, -0.2) is 14.6 Å². The first-order valence-corrected chi connectivity index (χ1v) is 21.8. The number of ether oxygens (including phenoxy) is 1. The van der Waals surface area contributed by atoms with Gasteiger partial charge in [-0.2, -0.15) is 5.10 Å². The van der Waals surface area contributed by atoms with Crippen LogP contribution in [0.25, 0.3) is 22.3 Å². The minimum absolute atomic E-state index is 0.147. The van der Waals surface area contributed by atoms with Gasteiger partial charge < -0.3 is 15.4 Å². The lowest BCUT2D eigenvalue weighted by molar-refractivity contribution is -0.137. The molecule has 2 unspecified atom stereocenters. The molecule has 6 heterocycles. The molecule has 2 aliphatic carbocycles. The van der Waals surface area contributed by atoms with E-state index < -0.39 is 17.7 Å². The number of aromatic nitrogens is 4. The standard InChI is InChI=1S/C47H49N9O5/c48-44-40-41(28-6-9-34(10-7-28)61-33-4-2-1-3-5-33)52-56(45(40)50-27-49-44)30-16-20-53(21-17-30)32-23-54(24-32)29-14-18-47(19-15-29)25-55(26-47)31-8-11-35-37(22-31)43(59)39(42(35)58)36-12-13-38(57)51-46(36)60/h1-11,22,27,29-30,32,36,39H,12-21,23-26H2,(H2,48,49,50)(H,51,57,60). The van der Waals surface area contributed by atoms with Crippen LogP contribution in [0.2, 0.25) is 0 Å². The maximum Gasteiger partial charge on any atom is 0.230 e. The summed E-state index contributed by atoms with van der Waals surface area (Å²) in [5, 5.41) is 8.24. The van der Waals surface area contributed by atoms with E-state index in [0.29, 0.717) is 34.4 Å². The average molecular weight is 820 g/mol. The minimum atomic E-state index is -1.03. The molecule has 5 aromatic rings. The van der Waals surface area contributed by atoms with E-state index in [2.05, 4.69) is 34.7 Å². The van der Waals surface area contributed by atoms with Gasteiger partial charge in [-0.15, -0.1) is 0 Å². The van der Waals surface area contributed by atoms with Gasteiger partial charge in [0.2, 0.25) is 11.8 Å². The Morgan fingerprint density at radius 3 is 2.20 bits per heavy atom. The predicted octanol–water partition coefficient (Wildman–Crippen LogP) is 5.69. The molecule has 1 saturated carbocycles. The second-order valence-electron chi connectivity index (χ2n) is 18.1. The van der Waals surface area contributed by atoms with Crippen LogP contribution in [-0.4, -0.2) is 104 Å². The molecule has 2 aromatic heterocycles. The third-order valence-electron chi connectivity index (χ3n) is 14.6. The SMILES string of the molecule is Nc1ncnc2c1c(-c1ccc(Oc3ccccc3)cc1)nn2C1CCN(C2CN(C3CCC4(CC3)CN(c3ccc5c(c3)C(=O)C(C3CCC(=O)NC3=O)C5=O)C4)C2)CC1. The fraction of sp³-hybridized carbons (Fsp3) is 0.426. The molecule has 1 spiro atoms. The number of nitrogens with two attached hydrogens (primary N) is 1. The number of rotatable bonds is 8. The van der Waals surface area contributed by atoms with Crippen LogP contribution in [0.4, 0.5) is 11.5 Å².